The Labute approximate surface area is 80.0 Å². The summed E-state index contributed by atoms with van der Waals surface area (Å²) in [4.78, 5) is 11.5. The predicted octanol–water partition coefficient (Wildman–Crippen LogP) is 1.80. The van der Waals surface area contributed by atoms with Crippen molar-refractivity contribution in [3.63, 3.8) is 0 Å². The number of alkyl carbamates (subject to hydrolysis) is 1. The van der Waals surface area contributed by atoms with E-state index in [-0.39, 0.29) is 18.2 Å². The Morgan fingerprint density at radius 2 is 2.08 bits per heavy atom. The van der Waals surface area contributed by atoms with E-state index in [1.54, 1.807) is 0 Å². The lowest BCUT2D eigenvalue weighted by atomic mass is 10.1. The van der Waals surface area contributed by atoms with Crippen LogP contribution in [-0.4, -0.2) is 23.1 Å². The third-order valence-electron chi connectivity index (χ3n) is 2.57. The second-order valence-corrected chi connectivity index (χ2v) is 4.74. The summed E-state index contributed by atoms with van der Waals surface area (Å²) < 4.78 is 5.12. The number of halogens is 1. The first-order valence-corrected chi connectivity index (χ1v) is 5.28. The van der Waals surface area contributed by atoms with Crippen molar-refractivity contribution < 1.29 is 9.53 Å². The molecule has 3 nitrogen and oxygen atoms in total. The van der Waals surface area contributed by atoms with Crippen LogP contribution in [0.25, 0.3) is 0 Å². The standard InChI is InChI=1S/C8H12BrNO2/c9-5-1-3-6-7(4-2-5)12-8(11)10-6/h5-7H,1-4H2,(H,10,11)/t5?,6?,7-/m1/s1. The number of amides is 1. The lowest BCUT2D eigenvalue weighted by Gasteiger charge is -2.11. The molecule has 0 radical (unpaired) electrons. The summed E-state index contributed by atoms with van der Waals surface area (Å²) in [5.74, 6) is 0. The van der Waals surface area contributed by atoms with Crippen LogP contribution < -0.4 is 5.32 Å². The minimum absolute atomic E-state index is 0.125. The first-order chi connectivity index (χ1) is 5.75. The van der Waals surface area contributed by atoms with Crippen molar-refractivity contribution in [3.05, 3.63) is 0 Å². The van der Waals surface area contributed by atoms with Gasteiger partial charge in [-0.1, -0.05) is 15.9 Å². The van der Waals surface area contributed by atoms with E-state index in [2.05, 4.69) is 21.2 Å². The van der Waals surface area contributed by atoms with Gasteiger partial charge in [0, 0.05) is 4.83 Å². The van der Waals surface area contributed by atoms with E-state index in [1.165, 1.54) is 0 Å². The fourth-order valence-electron chi connectivity index (χ4n) is 1.87. The van der Waals surface area contributed by atoms with Crippen LogP contribution in [0.5, 0.6) is 0 Å². The molecule has 1 aliphatic heterocycles. The second kappa shape index (κ2) is 3.24. The molecule has 0 aromatic heterocycles. The Balaban J connectivity index is 2.00. The third kappa shape index (κ3) is 1.58. The van der Waals surface area contributed by atoms with Crippen molar-refractivity contribution in [2.75, 3.05) is 0 Å². The van der Waals surface area contributed by atoms with Gasteiger partial charge in [-0.25, -0.2) is 4.79 Å². The number of fused-ring (bicyclic) bond motifs is 1. The minimum atomic E-state index is -0.238. The van der Waals surface area contributed by atoms with Gasteiger partial charge >= 0.3 is 6.09 Å². The molecule has 1 N–H and O–H groups in total. The third-order valence-corrected chi connectivity index (χ3v) is 3.48. The van der Waals surface area contributed by atoms with Gasteiger partial charge in [-0.3, -0.25) is 0 Å². The van der Waals surface area contributed by atoms with E-state index in [0.717, 1.165) is 25.7 Å². The summed E-state index contributed by atoms with van der Waals surface area (Å²) >= 11 is 3.59. The van der Waals surface area contributed by atoms with Gasteiger partial charge in [-0.15, -0.1) is 0 Å². The summed E-state index contributed by atoms with van der Waals surface area (Å²) in [6.45, 7) is 0. The summed E-state index contributed by atoms with van der Waals surface area (Å²) in [7, 11) is 0. The molecule has 68 valence electrons. The predicted molar refractivity (Wildman–Crippen MR) is 48.4 cm³/mol. The topological polar surface area (TPSA) is 38.3 Å². The Morgan fingerprint density at radius 1 is 1.33 bits per heavy atom. The first kappa shape index (κ1) is 8.35. The quantitative estimate of drug-likeness (QED) is 0.649. The lowest BCUT2D eigenvalue weighted by Crippen LogP contribution is -2.30. The molecule has 2 aliphatic rings. The number of hydrogen-bond donors (Lipinski definition) is 1. The highest BCUT2D eigenvalue weighted by atomic mass is 79.9. The second-order valence-electron chi connectivity index (χ2n) is 3.45. The van der Waals surface area contributed by atoms with Gasteiger partial charge in [0.25, 0.3) is 0 Å². The lowest BCUT2D eigenvalue weighted by molar-refractivity contribution is 0.127. The van der Waals surface area contributed by atoms with Crippen LogP contribution in [-0.2, 0) is 4.74 Å². The smallest absolute Gasteiger partial charge is 0.407 e. The minimum Gasteiger partial charge on any atom is -0.444 e. The first-order valence-electron chi connectivity index (χ1n) is 4.37. The van der Waals surface area contributed by atoms with Gasteiger partial charge in [0.05, 0.1) is 6.04 Å². The molecule has 3 atom stereocenters. The van der Waals surface area contributed by atoms with E-state index in [0.29, 0.717) is 4.83 Å². The zero-order chi connectivity index (χ0) is 8.55. The van der Waals surface area contributed by atoms with Gasteiger partial charge in [-0.05, 0) is 25.7 Å². The zero-order valence-corrected chi connectivity index (χ0v) is 8.34. The summed E-state index contributed by atoms with van der Waals surface area (Å²) in [6.07, 6.45) is 4.14. The van der Waals surface area contributed by atoms with Crippen molar-refractivity contribution >= 4 is 22.0 Å². The molecule has 2 unspecified atom stereocenters. The highest BCUT2D eigenvalue weighted by molar-refractivity contribution is 9.09. The van der Waals surface area contributed by atoms with Crippen LogP contribution in [0.4, 0.5) is 4.79 Å². The van der Waals surface area contributed by atoms with Crippen LogP contribution in [0.15, 0.2) is 0 Å². The molecular formula is C8H12BrNO2. The molecule has 2 fully saturated rings. The Morgan fingerprint density at radius 3 is 2.92 bits per heavy atom. The van der Waals surface area contributed by atoms with Crippen molar-refractivity contribution in [2.24, 2.45) is 0 Å². The average Bonchev–Trinajstić information content (AvgIpc) is 2.31. The molecular weight excluding hydrogens is 222 g/mol. The van der Waals surface area contributed by atoms with Crippen molar-refractivity contribution in [1.29, 1.82) is 0 Å². The van der Waals surface area contributed by atoms with Crippen LogP contribution >= 0.6 is 15.9 Å². The Bertz CT molecular complexity index is 179. The van der Waals surface area contributed by atoms with Crippen molar-refractivity contribution in [1.82, 2.24) is 5.32 Å². The number of nitrogens with one attached hydrogen (secondary N) is 1. The van der Waals surface area contributed by atoms with Crippen LogP contribution in [0.3, 0.4) is 0 Å². The molecule has 0 aromatic rings. The maximum atomic E-state index is 10.9. The van der Waals surface area contributed by atoms with E-state index in [1.807, 2.05) is 0 Å². The van der Waals surface area contributed by atoms with Gasteiger partial charge < -0.3 is 10.1 Å². The Kier molecular flexibility index (Phi) is 2.26. The van der Waals surface area contributed by atoms with Crippen molar-refractivity contribution in [3.8, 4) is 0 Å². The number of carbonyl (C=O) groups excluding carboxylic acids is 1. The molecule has 1 amide bonds. The number of rotatable bonds is 0. The van der Waals surface area contributed by atoms with Gasteiger partial charge in [0.2, 0.25) is 0 Å². The molecule has 1 heterocycles. The molecule has 12 heavy (non-hydrogen) atoms. The number of alkyl halides is 1. The highest BCUT2D eigenvalue weighted by Crippen LogP contribution is 2.28. The van der Waals surface area contributed by atoms with E-state index in [9.17, 15) is 4.79 Å². The fraction of sp³-hybridized carbons (Fsp3) is 0.875. The molecule has 0 aromatic carbocycles. The van der Waals surface area contributed by atoms with Crippen molar-refractivity contribution in [2.45, 2.75) is 42.7 Å². The van der Waals surface area contributed by atoms with Gasteiger partial charge in [0.15, 0.2) is 0 Å². The largest absolute Gasteiger partial charge is 0.444 e. The SMILES string of the molecule is O=C1NC2CCC(Br)CC[C@H]2O1. The number of ether oxygens (including phenoxy) is 1. The van der Waals surface area contributed by atoms with E-state index in [4.69, 9.17) is 4.74 Å². The summed E-state index contributed by atoms with van der Waals surface area (Å²) in [5, 5.41) is 2.83. The molecule has 1 aliphatic carbocycles. The highest BCUT2D eigenvalue weighted by Gasteiger charge is 2.35. The molecule has 1 saturated carbocycles. The number of carbonyl (C=O) groups is 1. The van der Waals surface area contributed by atoms with Crippen LogP contribution in [0.2, 0.25) is 0 Å². The van der Waals surface area contributed by atoms with Gasteiger partial charge in [-0.2, -0.15) is 0 Å². The van der Waals surface area contributed by atoms with E-state index >= 15 is 0 Å². The monoisotopic (exact) mass is 233 g/mol. The molecule has 0 spiro atoms. The maximum absolute atomic E-state index is 10.9. The maximum Gasteiger partial charge on any atom is 0.407 e. The molecule has 2 rings (SSSR count). The van der Waals surface area contributed by atoms with Crippen LogP contribution in [0.1, 0.15) is 25.7 Å². The molecule has 4 heteroatoms. The Hall–Kier alpha value is -0.250. The zero-order valence-electron chi connectivity index (χ0n) is 6.75. The normalized spacial score (nSPS) is 41.1. The molecule has 0 bridgehead atoms. The average molecular weight is 234 g/mol. The summed E-state index contributed by atoms with van der Waals surface area (Å²) in [5.41, 5.74) is 0. The van der Waals surface area contributed by atoms with Gasteiger partial charge in [0.1, 0.15) is 6.10 Å². The fourth-order valence-corrected chi connectivity index (χ4v) is 2.39. The van der Waals surface area contributed by atoms with E-state index < -0.39 is 0 Å². The number of hydrogen-bond acceptors (Lipinski definition) is 2. The summed E-state index contributed by atoms with van der Waals surface area (Å²) in [6, 6.07) is 0.264. The van der Waals surface area contributed by atoms with Crippen LogP contribution in [0, 0.1) is 0 Å². The molecule has 1 saturated heterocycles.